The van der Waals surface area contributed by atoms with Crippen LogP contribution < -0.4 is 5.32 Å². The lowest BCUT2D eigenvalue weighted by molar-refractivity contribution is -0.116. The van der Waals surface area contributed by atoms with E-state index < -0.39 is 0 Å². The van der Waals surface area contributed by atoms with Crippen LogP contribution in [0.4, 0.5) is 0 Å². The maximum atomic E-state index is 10.9. The highest BCUT2D eigenvalue weighted by molar-refractivity contribution is 7.11. The SMILES string of the molecule is C=CC(=O)NCc1nnc(C(C)(C)C)s1. The Labute approximate surface area is 93.4 Å². The van der Waals surface area contributed by atoms with Crippen molar-refractivity contribution in [2.45, 2.75) is 32.7 Å². The fraction of sp³-hybridized carbons (Fsp3) is 0.500. The third kappa shape index (κ3) is 3.43. The first-order chi connectivity index (χ1) is 6.93. The third-order valence-electron chi connectivity index (χ3n) is 1.71. The zero-order valence-corrected chi connectivity index (χ0v) is 10.0. The molecule has 0 aliphatic carbocycles. The largest absolute Gasteiger partial charge is 0.346 e. The Morgan fingerprint density at radius 3 is 2.67 bits per heavy atom. The molecule has 1 aromatic rings. The number of rotatable bonds is 3. The predicted octanol–water partition coefficient (Wildman–Crippen LogP) is 1.64. The third-order valence-corrected chi connectivity index (χ3v) is 3.06. The predicted molar refractivity (Wildman–Crippen MR) is 60.7 cm³/mol. The average molecular weight is 225 g/mol. The molecule has 0 spiro atoms. The first-order valence-corrected chi connectivity index (χ1v) is 5.48. The Hall–Kier alpha value is -1.23. The molecular formula is C10H15N3OS. The van der Waals surface area contributed by atoms with E-state index in [0.29, 0.717) is 6.54 Å². The Morgan fingerprint density at radius 1 is 1.53 bits per heavy atom. The van der Waals surface area contributed by atoms with Crippen molar-refractivity contribution in [3.05, 3.63) is 22.7 Å². The van der Waals surface area contributed by atoms with Gasteiger partial charge in [0.05, 0.1) is 6.54 Å². The molecule has 0 saturated carbocycles. The summed E-state index contributed by atoms with van der Waals surface area (Å²) < 4.78 is 0. The molecule has 5 heteroatoms. The zero-order valence-electron chi connectivity index (χ0n) is 9.20. The highest BCUT2D eigenvalue weighted by Gasteiger charge is 2.19. The van der Waals surface area contributed by atoms with E-state index in [0.717, 1.165) is 10.0 Å². The van der Waals surface area contributed by atoms with Gasteiger partial charge in [-0.25, -0.2) is 0 Å². The first-order valence-electron chi connectivity index (χ1n) is 4.66. The molecule has 0 aliphatic heterocycles. The number of aromatic nitrogens is 2. The summed E-state index contributed by atoms with van der Waals surface area (Å²) in [5.74, 6) is -0.192. The van der Waals surface area contributed by atoms with Crippen LogP contribution in [0.25, 0.3) is 0 Å². The maximum Gasteiger partial charge on any atom is 0.243 e. The number of nitrogens with one attached hydrogen (secondary N) is 1. The number of hydrogen-bond donors (Lipinski definition) is 1. The number of hydrogen-bond acceptors (Lipinski definition) is 4. The van der Waals surface area contributed by atoms with Gasteiger partial charge in [0.25, 0.3) is 0 Å². The first kappa shape index (κ1) is 11.8. The fourth-order valence-corrected chi connectivity index (χ4v) is 1.70. The molecule has 0 bridgehead atoms. The van der Waals surface area contributed by atoms with E-state index in [2.05, 4.69) is 42.9 Å². The lowest BCUT2D eigenvalue weighted by atomic mass is 9.98. The van der Waals surface area contributed by atoms with Crippen molar-refractivity contribution in [3.63, 3.8) is 0 Å². The Morgan fingerprint density at radius 2 is 2.20 bits per heavy atom. The molecule has 1 N–H and O–H groups in total. The van der Waals surface area contributed by atoms with Gasteiger partial charge in [0.15, 0.2) is 0 Å². The zero-order chi connectivity index (χ0) is 11.5. The number of nitrogens with zero attached hydrogens (tertiary/aromatic N) is 2. The molecule has 1 aromatic heterocycles. The molecule has 0 unspecified atom stereocenters. The number of carbonyl (C=O) groups is 1. The second-order valence-electron chi connectivity index (χ2n) is 4.17. The lowest BCUT2D eigenvalue weighted by Crippen LogP contribution is -2.19. The highest BCUT2D eigenvalue weighted by Crippen LogP contribution is 2.25. The van der Waals surface area contributed by atoms with Crippen LogP contribution in [0.5, 0.6) is 0 Å². The van der Waals surface area contributed by atoms with E-state index in [1.54, 1.807) is 0 Å². The Bertz CT molecular complexity index is 365. The molecule has 1 rings (SSSR count). The topological polar surface area (TPSA) is 54.9 Å². The normalized spacial score (nSPS) is 11.1. The maximum absolute atomic E-state index is 10.9. The van der Waals surface area contributed by atoms with E-state index >= 15 is 0 Å². The molecule has 0 aromatic carbocycles. The van der Waals surface area contributed by atoms with Gasteiger partial charge in [-0.15, -0.1) is 10.2 Å². The van der Waals surface area contributed by atoms with E-state index in [9.17, 15) is 4.79 Å². The summed E-state index contributed by atoms with van der Waals surface area (Å²) in [5.41, 5.74) is 0.0123. The van der Waals surface area contributed by atoms with Crippen LogP contribution in [-0.4, -0.2) is 16.1 Å². The molecule has 82 valence electrons. The van der Waals surface area contributed by atoms with Gasteiger partial charge in [0.2, 0.25) is 5.91 Å². The molecule has 1 heterocycles. The second kappa shape index (κ2) is 4.53. The van der Waals surface area contributed by atoms with Crippen LogP contribution in [0.1, 0.15) is 30.8 Å². The van der Waals surface area contributed by atoms with Gasteiger partial charge in [-0.3, -0.25) is 4.79 Å². The summed E-state index contributed by atoms with van der Waals surface area (Å²) in [6.45, 7) is 10.0. The lowest BCUT2D eigenvalue weighted by Gasteiger charge is -2.12. The van der Waals surface area contributed by atoms with E-state index in [1.165, 1.54) is 17.4 Å². The molecule has 15 heavy (non-hydrogen) atoms. The Kier molecular flexibility index (Phi) is 3.57. The smallest absolute Gasteiger partial charge is 0.243 e. The van der Waals surface area contributed by atoms with Crippen LogP contribution in [0, 0.1) is 0 Å². The summed E-state index contributed by atoms with van der Waals surface area (Å²) in [6, 6.07) is 0. The molecule has 0 radical (unpaired) electrons. The second-order valence-corrected chi connectivity index (χ2v) is 5.23. The molecule has 0 fully saturated rings. The van der Waals surface area contributed by atoms with Crippen LogP contribution in [0.3, 0.4) is 0 Å². The van der Waals surface area contributed by atoms with Gasteiger partial charge < -0.3 is 5.32 Å². The molecular weight excluding hydrogens is 210 g/mol. The van der Waals surface area contributed by atoms with Crippen LogP contribution in [0.15, 0.2) is 12.7 Å². The van der Waals surface area contributed by atoms with Gasteiger partial charge in [-0.05, 0) is 6.08 Å². The summed E-state index contributed by atoms with van der Waals surface area (Å²) in [4.78, 5) is 10.9. The molecule has 0 atom stereocenters. The van der Waals surface area contributed by atoms with Crippen molar-refractivity contribution in [1.29, 1.82) is 0 Å². The number of amides is 1. The fourth-order valence-electron chi connectivity index (χ4n) is 0.863. The van der Waals surface area contributed by atoms with Crippen molar-refractivity contribution < 1.29 is 4.79 Å². The molecule has 1 amide bonds. The highest BCUT2D eigenvalue weighted by atomic mass is 32.1. The summed E-state index contributed by atoms with van der Waals surface area (Å²) in [5, 5.41) is 12.5. The summed E-state index contributed by atoms with van der Waals surface area (Å²) in [6.07, 6.45) is 1.24. The van der Waals surface area contributed by atoms with Crippen molar-refractivity contribution in [2.24, 2.45) is 0 Å². The van der Waals surface area contributed by atoms with Crippen LogP contribution >= 0.6 is 11.3 Å². The molecule has 0 saturated heterocycles. The van der Waals surface area contributed by atoms with Gasteiger partial charge in [-0.2, -0.15) is 0 Å². The minimum Gasteiger partial charge on any atom is -0.346 e. The van der Waals surface area contributed by atoms with Gasteiger partial charge in [-0.1, -0.05) is 38.7 Å². The van der Waals surface area contributed by atoms with E-state index in [-0.39, 0.29) is 11.3 Å². The van der Waals surface area contributed by atoms with Gasteiger partial charge >= 0.3 is 0 Å². The Balaban J connectivity index is 2.61. The molecule has 4 nitrogen and oxygen atoms in total. The molecule has 0 aliphatic rings. The van der Waals surface area contributed by atoms with Crippen molar-refractivity contribution in [3.8, 4) is 0 Å². The van der Waals surface area contributed by atoms with Gasteiger partial charge in [0, 0.05) is 5.41 Å². The number of carbonyl (C=O) groups excluding carboxylic acids is 1. The van der Waals surface area contributed by atoms with Crippen molar-refractivity contribution in [1.82, 2.24) is 15.5 Å². The van der Waals surface area contributed by atoms with E-state index in [1.807, 2.05) is 0 Å². The van der Waals surface area contributed by atoms with Crippen molar-refractivity contribution in [2.75, 3.05) is 0 Å². The standard InChI is InChI=1S/C10H15N3OS/c1-5-7(14)11-6-8-12-13-9(15-8)10(2,3)4/h5H,1,6H2,2-4H3,(H,11,14). The summed E-state index contributed by atoms with van der Waals surface area (Å²) >= 11 is 1.52. The minimum atomic E-state index is -0.192. The van der Waals surface area contributed by atoms with Crippen molar-refractivity contribution >= 4 is 17.2 Å². The quantitative estimate of drug-likeness (QED) is 0.796. The van der Waals surface area contributed by atoms with Crippen LogP contribution in [-0.2, 0) is 16.8 Å². The van der Waals surface area contributed by atoms with E-state index in [4.69, 9.17) is 0 Å². The minimum absolute atomic E-state index is 0.0123. The average Bonchev–Trinajstić information content (AvgIpc) is 2.61. The van der Waals surface area contributed by atoms with Crippen LogP contribution in [0.2, 0.25) is 0 Å². The monoisotopic (exact) mass is 225 g/mol. The van der Waals surface area contributed by atoms with Gasteiger partial charge in [0.1, 0.15) is 10.0 Å². The summed E-state index contributed by atoms with van der Waals surface area (Å²) in [7, 11) is 0.